The number of rotatable bonds is 3. The standard InChI is InChI=1S/C15H16N2O4/c1-8-16-12-7-9(5-6-13(12)21-8)17-14(18)10-3-2-4-11(10)15(19)20/h5-7,10-11H,2-4H2,1H3,(H,17,18)(H,19,20)/t10-,11+/m1/s1. The maximum atomic E-state index is 12.3. The third-order valence-corrected chi connectivity index (χ3v) is 3.93. The molecule has 0 saturated heterocycles. The van der Waals surface area contributed by atoms with Crippen molar-refractivity contribution in [2.75, 3.05) is 5.32 Å². The van der Waals surface area contributed by atoms with Crippen LogP contribution in [-0.2, 0) is 9.59 Å². The predicted octanol–water partition coefficient (Wildman–Crippen LogP) is 2.58. The van der Waals surface area contributed by atoms with Gasteiger partial charge < -0.3 is 14.8 Å². The molecule has 21 heavy (non-hydrogen) atoms. The lowest BCUT2D eigenvalue weighted by Crippen LogP contribution is -2.29. The van der Waals surface area contributed by atoms with Crippen LogP contribution < -0.4 is 5.32 Å². The van der Waals surface area contributed by atoms with E-state index in [9.17, 15) is 9.59 Å². The van der Waals surface area contributed by atoms with Crippen LogP contribution in [0.2, 0.25) is 0 Å². The molecular formula is C15H16N2O4. The molecule has 110 valence electrons. The highest BCUT2D eigenvalue weighted by molar-refractivity contribution is 5.96. The molecular weight excluding hydrogens is 272 g/mol. The molecule has 1 amide bonds. The van der Waals surface area contributed by atoms with Gasteiger partial charge in [-0.3, -0.25) is 9.59 Å². The number of carbonyl (C=O) groups excluding carboxylic acids is 1. The van der Waals surface area contributed by atoms with Crippen molar-refractivity contribution in [3.8, 4) is 0 Å². The van der Waals surface area contributed by atoms with Gasteiger partial charge in [-0.25, -0.2) is 4.98 Å². The molecule has 0 unspecified atom stereocenters. The molecule has 0 spiro atoms. The first kappa shape index (κ1) is 13.6. The van der Waals surface area contributed by atoms with Gasteiger partial charge in [0, 0.05) is 12.6 Å². The molecule has 0 bridgehead atoms. The van der Waals surface area contributed by atoms with Crippen LogP contribution >= 0.6 is 0 Å². The molecule has 1 aliphatic carbocycles. The summed E-state index contributed by atoms with van der Waals surface area (Å²) in [6.45, 7) is 1.76. The van der Waals surface area contributed by atoms with Crippen molar-refractivity contribution in [1.29, 1.82) is 0 Å². The highest BCUT2D eigenvalue weighted by atomic mass is 16.4. The summed E-state index contributed by atoms with van der Waals surface area (Å²) in [6.07, 6.45) is 1.96. The third kappa shape index (κ3) is 2.61. The van der Waals surface area contributed by atoms with E-state index in [1.165, 1.54) is 0 Å². The van der Waals surface area contributed by atoms with E-state index in [1.807, 2.05) is 0 Å². The molecule has 1 fully saturated rings. The fraction of sp³-hybridized carbons (Fsp3) is 0.400. The molecule has 2 N–H and O–H groups in total. The summed E-state index contributed by atoms with van der Waals surface area (Å²) in [4.78, 5) is 27.6. The maximum Gasteiger partial charge on any atom is 0.307 e. The van der Waals surface area contributed by atoms with Crippen LogP contribution in [0.25, 0.3) is 11.1 Å². The molecule has 1 aromatic carbocycles. The van der Waals surface area contributed by atoms with Gasteiger partial charge >= 0.3 is 5.97 Å². The second kappa shape index (κ2) is 5.20. The van der Waals surface area contributed by atoms with Gasteiger partial charge in [-0.05, 0) is 31.0 Å². The lowest BCUT2D eigenvalue weighted by Gasteiger charge is -2.15. The molecule has 1 aliphatic rings. The molecule has 0 radical (unpaired) electrons. The van der Waals surface area contributed by atoms with Crippen LogP contribution in [0.15, 0.2) is 22.6 Å². The maximum absolute atomic E-state index is 12.3. The molecule has 1 heterocycles. The highest BCUT2D eigenvalue weighted by Crippen LogP contribution is 2.33. The number of hydrogen-bond donors (Lipinski definition) is 2. The van der Waals surface area contributed by atoms with Gasteiger partial charge in [0.05, 0.1) is 11.8 Å². The van der Waals surface area contributed by atoms with Gasteiger partial charge in [-0.2, -0.15) is 0 Å². The summed E-state index contributed by atoms with van der Waals surface area (Å²) < 4.78 is 5.37. The Hall–Kier alpha value is -2.37. The number of carboxylic acids is 1. The van der Waals surface area contributed by atoms with Gasteiger partial charge in [0.25, 0.3) is 0 Å². The monoisotopic (exact) mass is 288 g/mol. The van der Waals surface area contributed by atoms with E-state index in [2.05, 4.69) is 10.3 Å². The van der Waals surface area contributed by atoms with Crippen LogP contribution in [-0.4, -0.2) is 22.0 Å². The van der Waals surface area contributed by atoms with E-state index in [0.717, 1.165) is 6.42 Å². The Labute approximate surface area is 121 Å². The number of carbonyl (C=O) groups is 2. The van der Waals surface area contributed by atoms with Gasteiger partial charge in [0.1, 0.15) is 5.52 Å². The summed E-state index contributed by atoms with van der Waals surface area (Å²) >= 11 is 0. The number of benzene rings is 1. The molecule has 6 heteroatoms. The van der Waals surface area contributed by atoms with Crippen LogP contribution in [0.5, 0.6) is 0 Å². The minimum atomic E-state index is -0.893. The van der Waals surface area contributed by atoms with Crippen molar-refractivity contribution in [2.24, 2.45) is 11.8 Å². The molecule has 2 aromatic rings. The number of nitrogens with zero attached hydrogens (tertiary/aromatic N) is 1. The quantitative estimate of drug-likeness (QED) is 0.905. The normalized spacial score (nSPS) is 21.6. The molecule has 6 nitrogen and oxygen atoms in total. The van der Waals surface area contributed by atoms with Crippen molar-refractivity contribution in [3.05, 3.63) is 24.1 Å². The zero-order valence-electron chi connectivity index (χ0n) is 11.6. The lowest BCUT2D eigenvalue weighted by molar-refractivity contribution is -0.145. The third-order valence-electron chi connectivity index (χ3n) is 3.93. The van der Waals surface area contributed by atoms with Crippen molar-refractivity contribution in [3.63, 3.8) is 0 Å². The molecule has 2 atom stereocenters. The van der Waals surface area contributed by atoms with E-state index in [1.54, 1.807) is 25.1 Å². The number of aromatic nitrogens is 1. The molecule has 1 saturated carbocycles. The first-order chi connectivity index (χ1) is 10.0. The Bertz CT molecular complexity index is 707. The summed E-state index contributed by atoms with van der Waals surface area (Å²) in [5, 5.41) is 11.9. The van der Waals surface area contributed by atoms with Crippen LogP contribution in [0.1, 0.15) is 25.2 Å². The minimum Gasteiger partial charge on any atom is -0.481 e. The SMILES string of the molecule is Cc1nc2cc(NC(=O)[C@@H]3CCC[C@@H]3C(=O)O)ccc2o1. The van der Waals surface area contributed by atoms with Gasteiger partial charge in [0.15, 0.2) is 11.5 Å². The smallest absolute Gasteiger partial charge is 0.307 e. The fourth-order valence-electron chi connectivity index (χ4n) is 2.92. The molecule has 3 rings (SSSR count). The topological polar surface area (TPSA) is 92.4 Å². The Kier molecular flexibility index (Phi) is 3.37. The lowest BCUT2D eigenvalue weighted by atomic mass is 9.95. The zero-order chi connectivity index (χ0) is 15.0. The number of hydrogen-bond acceptors (Lipinski definition) is 4. The van der Waals surface area contributed by atoms with E-state index in [-0.39, 0.29) is 5.91 Å². The van der Waals surface area contributed by atoms with Gasteiger partial charge in [0.2, 0.25) is 5.91 Å². The first-order valence-electron chi connectivity index (χ1n) is 6.95. The zero-order valence-corrected chi connectivity index (χ0v) is 11.6. The summed E-state index contributed by atoms with van der Waals surface area (Å²) in [5.74, 6) is -1.61. The van der Waals surface area contributed by atoms with E-state index in [0.29, 0.717) is 35.5 Å². The number of anilines is 1. The number of oxazole rings is 1. The number of amides is 1. The molecule has 0 aliphatic heterocycles. The number of aliphatic carboxylic acids is 1. The van der Waals surface area contributed by atoms with E-state index < -0.39 is 17.8 Å². The van der Waals surface area contributed by atoms with Crippen molar-refractivity contribution in [2.45, 2.75) is 26.2 Å². The van der Waals surface area contributed by atoms with E-state index in [4.69, 9.17) is 9.52 Å². The first-order valence-corrected chi connectivity index (χ1v) is 6.95. The summed E-state index contributed by atoms with van der Waals surface area (Å²) in [7, 11) is 0. The number of carboxylic acid groups (broad SMARTS) is 1. The van der Waals surface area contributed by atoms with E-state index >= 15 is 0 Å². The predicted molar refractivity (Wildman–Crippen MR) is 75.8 cm³/mol. The highest BCUT2D eigenvalue weighted by Gasteiger charge is 2.37. The summed E-state index contributed by atoms with van der Waals surface area (Å²) in [6, 6.07) is 5.21. The fourth-order valence-corrected chi connectivity index (χ4v) is 2.92. The van der Waals surface area contributed by atoms with Gasteiger partial charge in [-0.1, -0.05) is 6.42 Å². The minimum absolute atomic E-state index is 0.237. The van der Waals surface area contributed by atoms with Crippen molar-refractivity contribution >= 4 is 28.7 Å². The van der Waals surface area contributed by atoms with Gasteiger partial charge in [-0.15, -0.1) is 0 Å². The van der Waals surface area contributed by atoms with Crippen molar-refractivity contribution in [1.82, 2.24) is 4.98 Å². The number of aryl methyl sites for hydroxylation is 1. The van der Waals surface area contributed by atoms with Crippen LogP contribution in [0, 0.1) is 18.8 Å². The second-order valence-electron chi connectivity index (χ2n) is 5.39. The Balaban J connectivity index is 1.77. The average molecular weight is 288 g/mol. The summed E-state index contributed by atoms with van der Waals surface area (Å²) in [5.41, 5.74) is 1.94. The molecule has 1 aromatic heterocycles. The Morgan fingerprint density at radius 1 is 1.33 bits per heavy atom. The second-order valence-corrected chi connectivity index (χ2v) is 5.39. The van der Waals surface area contributed by atoms with Crippen LogP contribution in [0.4, 0.5) is 5.69 Å². The average Bonchev–Trinajstić information content (AvgIpc) is 3.03. The number of fused-ring (bicyclic) bond motifs is 1. The van der Waals surface area contributed by atoms with Crippen LogP contribution in [0.3, 0.4) is 0 Å². The van der Waals surface area contributed by atoms with Crippen molar-refractivity contribution < 1.29 is 19.1 Å². The Morgan fingerprint density at radius 3 is 2.86 bits per heavy atom. The largest absolute Gasteiger partial charge is 0.481 e. The Morgan fingerprint density at radius 2 is 2.10 bits per heavy atom. The number of nitrogens with one attached hydrogen (secondary N) is 1.